The minimum Gasteiger partial charge on any atom is -0.379 e. The molecule has 76 valence electrons. The zero-order chi connectivity index (χ0) is 10.3. The highest BCUT2D eigenvalue weighted by Crippen LogP contribution is 2.15. The van der Waals surface area contributed by atoms with Crippen LogP contribution in [0.3, 0.4) is 0 Å². The van der Waals surface area contributed by atoms with Gasteiger partial charge in [0.15, 0.2) is 0 Å². The minimum absolute atomic E-state index is 0.102. The van der Waals surface area contributed by atoms with Gasteiger partial charge in [0.25, 0.3) is 0 Å². The van der Waals surface area contributed by atoms with Crippen LogP contribution in [0.5, 0.6) is 0 Å². The quantitative estimate of drug-likeness (QED) is 0.683. The second-order valence-electron chi connectivity index (χ2n) is 3.80. The lowest BCUT2D eigenvalue weighted by molar-refractivity contribution is 0.0113. The van der Waals surface area contributed by atoms with Crippen molar-refractivity contribution in [3.05, 3.63) is 0 Å². The van der Waals surface area contributed by atoms with Crippen molar-refractivity contribution in [2.45, 2.75) is 45.3 Å². The smallest absolute Gasteiger partial charge is 0.0980 e. The molecule has 0 aromatic rings. The van der Waals surface area contributed by atoms with Crippen molar-refractivity contribution >= 4 is 0 Å². The molecule has 0 fully saturated rings. The van der Waals surface area contributed by atoms with Gasteiger partial charge in [-0.2, -0.15) is 5.26 Å². The lowest BCUT2D eigenvalue weighted by Crippen LogP contribution is -2.37. The lowest BCUT2D eigenvalue weighted by Gasteiger charge is -2.25. The van der Waals surface area contributed by atoms with E-state index in [0.29, 0.717) is 0 Å². The molecule has 3 heteroatoms. The van der Waals surface area contributed by atoms with E-state index in [2.05, 4.69) is 18.3 Å². The standard InChI is InChI=1S/C10H20N2O/c1-5-6-12-9(8-11)7-10(2,3)13-4/h9,12H,5-7H2,1-4H3. The van der Waals surface area contributed by atoms with Crippen LogP contribution in [-0.4, -0.2) is 25.3 Å². The number of hydrogen-bond acceptors (Lipinski definition) is 3. The van der Waals surface area contributed by atoms with Crippen LogP contribution in [-0.2, 0) is 4.74 Å². The second kappa shape index (κ2) is 5.95. The zero-order valence-electron chi connectivity index (χ0n) is 9.05. The van der Waals surface area contributed by atoms with Gasteiger partial charge < -0.3 is 10.1 Å². The van der Waals surface area contributed by atoms with Crippen molar-refractivity contribution in [2.24, 2.45) is 0 Å². The molecule has 0 aliphatic rings. The van der Waals surface area contributed by atoms with Gasteiger partial charge >= 0.3 is 0 Å². The SMILES string of the molecule is CCCNC(C#N)CC(C)(C)OC. The van der Waals surface area contributed by atoms with Crippen LogP contribution in [0, 0.1) is 11.3 Å². The van der Waals surface area contributed by atoms with Crippen LogP contribution < -0.4 is 5.32 Å². The van der Waals surface area contributed by atoms with Gasteiger partial charge in [-0.05, 0) is 26.8 Å². The Kier molecular flexibility index (Phi) is 5.68. The van der Waals surface area contributed by atoms with Crippen molar-refractivity contribution in [1.29, 1.82) is 5.26 Å². The monoisotopic (exact) mass is 184 g/mol. The van der Waals surface area contributed by atoms with E-state index in [4.69, 9.17) is 10.00 Å². The molecular formula is C10H20N2O. The van der Waals surface area contributed by atoms with Gasteiger partial charge in [-0.3, -0.25) is 0 Å². The number of ether oxygens (including phenoxy) is 1. The Morgan fingerprint density at radius 1 is 1.54 bits per heavy atom. The Morgan fingerprint density at radius 3 is 2.54 bits per heavy atom. The summed E-state index contributed by atoms with van der Waals surface area (Å²) in [7, 11) is 1.67. The first kappa shape index (κ1) is 12.4. The van der Waals surface area contributed by atoms with E-state index in [1.165, 1.54) is 0 Å². The van der Waals surface area contributed by atoms with Gasteiger partial charge in [0.1, 0.15) is 0 Å². The number of nitrogens with one attached hydrogen (secondary N) is 1. The van der Waals surface area contributed by atoms with E-state index in [1.807, 2.05) is 13.8 Å². The predicted molar refractivity (Wildman–Crippen MR) is 53.4 cm³/mol. The van der Waals surface area contributed by atoms with E-state index in [9.17, 15) is 0 Å². The molecule has 0 radical (unpaired) electrons. The van der Waals surface area contributed by atoms with Gasteiger partial charge in [-0.1, -0.05) is 6.92 Å². The van der Waals surface area contributed by atoms with Gasteiger partial charge in [0.05, 0.1) is 17.7 Å². The Hall–Kier alpha value is -0.590. The summed E-state index contributed by atoms with van der Waals surface area (Å²) < 4.78 is 5.26. The van der Waals surface area contributed by atoms with E-state index >= 15 is 0 Å². The Balaban J connectivity index is 3.92. The summed E-state index contributed by atoms with van der Waals surface area (Å²) in [4.78, 5) is 0. The van der Waals surface area contributed by atoms with Crippen LogP contribution in [0.25, 0.3) is 0 Å². The summed E-state index contributed by atoms with van der Waals surface area (Å²) in [6.07, 6.45) is 1.77. The largest absolute Gasteiger partial charge is 0.379 e. The van der Waals surface area contributed by atoms with Crippen molar-refractivity contribution < 1.29 is 4.74 Å². The van der Waals surface area contributed by atoms with Gasteiger partial charge in [0, 0.05) is 13.5 Å². The highest BCUT2D eigenvalue weighted by atomic mass is 16.5. The molecule has 3 nitrogen and oxygen atoms in total. The van der Waals surface area contributed by atoms with E-state index < -0.39 is 0 Å². The van der Waals surface area contributed by atoms with Crippen molar-refractivity contribution in [3.63, 3.8) is 0 Å². The summed E-state index contributed by atoms with van der Waals surface area (Å²) in [6, 6.07) is 2.13. The maximum absolute atomic E-state index is 8.84. The van der Waals surface area contributed by atoms with E-state index in [-0.39, 0.29) is 11.6 Å². The number of methoxy groups -OCH3 is 1. The molecule has 1 N–H and O–H groups in total. The lowest BCUT2D eigenvalue weighted by atomic mass is 9.99. The van der Waals surface area contributed by atoms with Gasteiger partial charge in [0.2, 0.25) is 0 Å². The van der Waals surface area contributed by atoms with Gasteiger partial charge in [-0.25, -0.2) is 0 Å². The fourth-order valence-electron chi connectivity index (χ4n) is 1.06. The van der Waals surface area contributed by atoms with Crippen LogP contribution in [0.15, 0.2) is 0 Å². The molecule has 0 heterocycles. The predicted octanol–water partition coefficient (Wildman–Crippen LogP) is 1.69. The molecule has 1 atom stereocenters. The minimum atomic E-state index is -0.221. The Morgan fingerprint density at radius 2 is 2.15 bits per heavy atom. The highest BCUT2D eigenvalue weighted by Gasteiger charge is 2.21. The molecule has 0 saturated carbocycles. The summed E-state index contributed by atoms with van der Waals surface area (Å²) in [6.45, 7) is 6.96. The van der Waals surface area contributed by atoms with Crippen LogP contribution in [0.4, 0.5) is 0 Å². The van der Waals surface area contributed by atoms with Crippen molar-refractivity contribution in [2.75, 3.05) is 13.7 Å². The van der Waals surface area contributed by atoms with Crippen molar-refractivity contribution in [1.82, 2.24) is 5.32 Å². The molecule has 0 aromatic carbocycles. The average molecular weight is 184 g/mol. The summed E-state index contributed by atoms with van der Waals surface area (Å²) in [5, 5.41) is 12.0. The molecular weight excluding hydrogens is 164 g/mol. The third-order valence-electron chi connectivity index (χ3n) is 2.04. The molecule has 0 spiro atoms. The van der Waals surface area contributed by atoms with Crippen LogP contribution in [0.1, 0.15) is 33.6 Å². The molecule has 0 rings (SSSR count). The molecule has 0 bridgehead atoms. The molecule has 0 aliphatic carbocycles. The average Bonchev–Trinajstić information content (AvgIpc) is 2.12. The second-order valence-corrected chi connectivity index (χ2v) is 3.80. The highest BCUT2D eigenvalue weighted by molar-refractivity contribution is 4.93. The Labute approximate surface area is 81.1 Å². The Bertz CT molecular complexity index is 172. The molecule has 0 aliphatic heterocycles. The first-order chi connectivity index (χ1) is 6.05. The number of hydrogen-bond donors (Lipinski definition) is 1. The molecule has 0 aromatic heterocycles. The maximum atomic E-state index is 8.84. The van der Waals surface area contributed by atoms with E-state index in [0.717, 1.165) is 19.4 Å². The first-order valence-electron chi connectivity index (χ1n) is 4.74. The summed E-state index contributed by atoms with van der Waals surface area (Å²) in [5.74, 6) is 0. The normalized spacial score (nSPS) is 13.8. The molecule has 13 heavy (non-hydrogen) atoms. The summed E-state index contributed by atoms with van der Waals surface area (Å²) in [5.41, 5.74) is -0.221. The topological polar surface area (TPSA) is 45.0 Å². The summed E-state index contributed by atoms with van der Waals surface area (Å²) >= 11 is 0. The molecule has 0 saturated heterocycles. The number of nitrogens with zero attached hydrogens (tertiary/aromatic N) is 1. The fraction of sp³-hybridized carbons (Fsp3) is 0.900. The fourth-order valence-corrected chi connectivity index (χ4v) is 1.06. The maximum Gasteiger partial charge on any atom is 0.0980 e. The van der Waals surface area contributed by atoms with Crippen LogP contribution in [0.2, 0.25) is 0 Å². The zero-order valence-corrected chi connectivity index (χ0v) is 9.05. The first-order valence-corrected chi connectivity index (χ1v) is 4.74. The van der Waals surface area contributed by atoms with Gasteiger partial charge in [-0.15, -0.1) is 0 Å². The van der Waals surface area contributed by atoms with Crippen molar-refractivity contribution in [3.8, 4) is 6.07 Å². The third kappa shape index (κ3) is 5.62. The molecule has 0 amide bonds. The third-order valence-corrected chi connectivity index (χ3v) is 2.04. The van der Waals surface area contributed by atoms with E-state index in [1.54, 1.807) is 7.11 Å². The molecule has 1 unspecified atom stereocenters. The number of rotatable bonds is 6. The van der Waals surface area contributed by atoms with Crippen LogP contribution >= 0.6 is 0 Å². The number of nitriles is 1.